The van der Waals surface area contributed by atoms with Gasteiger partial charge in [0, 0.05) is 45.7 Å². The predicted octanol–water partition coefficient (Wildman–Crippen LogP) is 0.301. The Hall–Kier alpha value is -5.12. The number of carbonyl (C=O) groups excluding carboxylic acids is 4. The van der Waals surface area contributed by atoms with Gasteiger partial charge in [-0.15, -0.1) is 0 Å². The number of unbranched alkanes of at least 4 members (excludes halogenated alkanes) is 2. The van der Waals surface area contributed by atoms with Crippen LogP contribution in [0.5, 0.6) is 0 Å². The number of benzene rings is 2. The van der Waals surface area contributed by atoms with E-state index < -0.39 is 71.8 Å². The van der Waals surface area contributed by atoms with Crippen LogP contribution in [0.1, 0.15) is 49.7 Å². The van der Waals surface area contributed by atoms with Crippen molar-refractivity contribution < 1.29 is 39.0 Å². The van der Waals surface area contributed by atoms with Gasteiger partial charge in [0.2, 0.25) is 23.6 Å². The van der Waals surface area contributed by atoms with Crippen LogP contribution in [0, 0.1) is 0 Å². The number of carbonyl (C=O) groups is 6. The Bertz CT molecular complexity index is 1890. The van der Waals surface area contributed by atoms with E-state index in [1.54, 1.807) is 12.4 Å². The van der Waals surface area contributed by atoms with Gasteiger partial charge in [0.15, 0.2) is 0 Å². The molecule has 0 aliphatic heterocycles. The summed E-state index contributed by atoms with van der Waals surface area (Å²) in [6, 6.07) is 9.51. The summed E-state index contributed by atoms with van der Waals surface area (Å²) >= 11 is 8.22. The van der Waals surface area contributed by atoms with Gasteiger partial charge in [0.1, 0.15) is 24.2 Å². The number of aromatic amines is 2. The van der Waals surface area contributed by atoms with Gasteiger partial charge in [-0.05, 0) is 87.7 Å². The van der Waals surface area contributed by atoms with Gasteiger partial charge in [-0.2, -0.15) is 25.3 Å². The van der Waals surface area contributed by atoms with Gasteiger partial charge in [-0.25, -0.2) is 9.59 Å². The molecule has 0 fully saturated rings. The molecular formula is C40H58N10O8S2. The number of rotatable bonds is 24. The number of nitrogens with two attached hydrogens (primary N) is 4. The first-order valence-corrected chi connectivity index (χ1v) is 20.9. The van der Waals surface area contributed by atoms with Gasteiger partial charge in [-0.1, -0.05) is 36.4 Å². The monoisotopic (exact) mass is 870 g/mol. The molecule has 60 heavy (non-hydrogen) atoms. The van der Waals surface area contributed by atoms with Gasteiger partial charge >= 0.3 is 11.9 Å². The molecule has 0 bridgehead atoms. The fourth-order valence-corrected chi connectivity index (χ4v) is 6.77. The Morgan fingerprint density at radius 3 is 1.23 bits per heavy atom. The number of hydrogen-bond donors (Lipinski definition) is 14. The molecule has 6 atom stereocenters. The van der Waals surface area contributed by atoms with E-state index in [1.165, 1.54) is 0 Å². The van der Waals surface area contributed by atoms with E-state index in [4.69, 9.17) is 22.9 Å². The molecule has 0 aliphatic rings. The smallest absolute Gasteiger partial charge is 0.326 e. The van der Waals surface area contributed by atoms with Gasteiger partial charge < -0.3 is 64.4 Å². The highest BCUT2D eigenvalue weighted by Crippen LogP contribution is 2.20. The van der Waals surface area contributed by atoms with Crippen LogP contribution in [-0.4, -0.2) is 117 Å². The molecule has 4 amide bonds. The Labute approximate surface area is 358 Å². The van der Waals surface area contributed by atoms with Crippen LogP contribution in [0.15, 0.2) is 60.9 Å². The third-order valence-corrected chi connectivity index (χ3v) is 10.4. The van der Waals surface area contributed by atoms with Gasteiger partial charge in [-0.3, -0.25) is 19.2 Å². The van der Waals surface area contributed by atoms with Crippen LogP contribution < -0.4 is 44.2 Å². The van der Waals surface area contributed by atoms with E-state index in [9.17, 15) is 39.0 Å². The first kappa shape index (κ1) is 49.2. The summed E-state index contributed by atoms with van der Waals surface area (Å²) in [5.74, 6) is -4.51. The summed E-state index contributed by atoms with van der Waals surface area (Å²) in [5.41, 5.74) is 26.6. The maximum absolute atomic E-state index is 12.5. The molecule has 4 rings (SSSR count). The fourth-order valence-electron chi connectivity index (χ4n) is 6.25. The highest BCUT2D eigenvalue weighted by Gasteiger charge is 2.29. The maximum Gasteiger partial charge on any atom is 0.326 e. The number of carboxylic acids is 2. The Kier molecular flexibility index (Phi) is 20.9. The number of aromatic nitrogens is 2. The molecule has 0 spiro atoms. The molecule has 0 saturated carbocycles. The van der Waals surface area contributed by atoms with Gasteiger partial charge in [0.05, 0.1) is 12.1 Å². The number of aliphatic carboxylic acids is 2. The van der Waals surface area contributed by atoms with Crippen molar-refractivity contribution in [1.82, 2.24) is 31.2 Å². The Morgan fingerprint density at radius 2 is 0.900 bits per heavy atom. The molecule has 0 saturated heterocycles. The second-order valence-corrected chi connectivity index (χ2v) is 14.9. The summed E-state index contributed by atoms with van der Waals surface area (Å²) in [7, 11) is 0. The van der Waals surface area contributed by atoms with Crippen molar-refractivity contribution in [3.63, 3.8) is 0 Å². The average molecular weight is 871 g/mol. The highest BCUT2D eigenvalue weighted by atomic mass is 32.1. The molecule has 18 nitrogen and oxygen atoms in total. The number of H-pyrrole nitrogens is 2. The highest BCUT2D eigenvalue weighted by molar-refractivity contribution is 7.80. The van der Waals surface area contributed by atoms with E-state index in [1.807, 2.05) is 48.5 Å². The van der Waals surface area contributed by atoms with E-state index in [2.05, 4.69) is 56.5 Å². The van der Waals surface area contributed by atoms with Crippen molar-refractivity contribution >= 4 is 82.6 Å². The molecule has 0 unspecified atom stereocenters. The van der Waals surface area contributed by atoms with Crippen LogP contribution in [0.2, 0.25) is 0 Å². The SMILES string of the molecule is NCCCC[C@H](NC(=O)[C@H](CS)NC(=O)[C@@H](N)Cc1c[nH]c2ccccc12)C(=O)O.NCCCC[C@H](NC(=O)[C@H](CS)NC(=O)[C@@H](N)Cc1c[nH]c2ccccc12)C(=O)O. The average Bonchev–Trinajstić information content (AvgIpc) is 3.84. The van der Waals surface area contributed by atoms with Crippen molar-refractivity contribution in [2.45, 2.75) is 87.6 Å². The van der Waals surface area contributed by atoms with Gasteiger partial charge in [0.25, 0.3) is 0 Å². The lowest BCUT2D eigenvalue weighted by Crippen LogP contribution is -2.55. The van der Waals surface area contributed by atoms with Crippen LogP contribution >= 0.6 is 25.3 Å². The second-order valence-electron chi connectivity index (χ2n) is 14.2. The van der Waals surface area contributed by atoms with Crippen molar-refractivity contribution in [3.8, 4) is 0 Å². The minimum absolute atomic E-state index is 0.00647. The maximum atomic E-state index is 12.5. The molecule has 20 heteroatoms. The minimum atomic E-state index is -1.14. The summed E-state index contributed by atoms with van der Waals surface area (Å²) < 4.78 is 0. The van der Waals surface area contributed by atoms with Crippen LogP contribution in [0.25, 0.3) is 21.8 Å². The topological polar surface area (TPSA) is 327 Å². The first-order valence-electron chi connectivity index (χ1n) is 19.6. The lowest BCUT2D eigenvalue weighted by atomic mass is 10.0. The molecule has 2 heterocycles. The van der Waals surface area contributed by atoms with Crippen LogP contribution in [0.3, 0.4) is 0 Å². The molecule has 0 radical (unpaired) electrons. The van der Waals surface area contributed by atoms with Crippen LogP contribution in [-0.2, 0) is 41.6 Å². The number of hydrogen-bond acceptors (Lipinski definition) is 12. The molecule has 328 valence electrons. The first-order chi connectivity index (χ1) is 28.7. The number of fused-ring (bicyclic) bond motifs is 2. The summed E-state index contributed by atoms with van der Waals surface area (Å²) in [5, 5.41) is 30.6. The normalized spacial score (nSPS) is 14.1. The minimum Gasteiger partial charge on any atom is -0.480 e. The quantitative estimate of drug-likeness (QED) is 0.0334. The molecule has 2 aromatic heterocycles. The standard InChI is InChI=1S/2C20H29N5O4S/c2*21-8-4-3-7-16(20(28)29)24-19(27)17(11-30)25-18(26)14(22)9-12-10-23-15-6-2-1-5-13(12)15/h2*1-2,5-6,10,14,16-17,23,30H,3-4,7-9,11,21-22H2,(H,24,27)(H,25,26)(H,28,29)/t2*14-,16-,17-/m00/s1. The number of amides is 4. The molecule has 16 N–H and O–H groups in total. The lowest BCUT2D eigenvalue weighted by molar-refractivity contribution is -0.142. The Morgan fingerprint density at radius 1 is 0.550 bits per heavy atom. The summed E-state index contributed by atoms with van der Waals surface area (Å²) in [6.07, 6.45) is 7.16. The zero-order valence-corrected chi connectivity index (χ0v) is 35.1. The van der Waals surface area contributed by atoms with Crippen molar-refractivity contribution in [2.24, 2.45) is 22.9 Å². The number of carboxylic acid groups (broad SMARTS) is 2. The lowest BCUT2D eigenvalue weighted by Gasteiger charge is -2.21. The third-order valence-electron chi connectivity index (χ3n) is 9.66. The van der Waals surface area contributed by atoms with E-state index in [0.29, 0.717) is 38.8 Å². The summed E-state index contributed by atoms with van der Waals surface area (Å²) in [4.78, 5) is 79.0. The van der Waals surface area contributed by atoms with Crippen molar-refractivity contribution in [2.75, 3.05) is 24.6 Å². The zero-order valence-electron chi connectivity index (χ0n) is 33.3. The predicted molar refractivity (Wildman–Crippen MR) is 236 cm³/mol. The fraction of sp³-hybridized carbons (Fsp3) is 0.450. The molecule has 0 aliphatic carbocycles. The van der Waals surface area contributed by atoms with Crippen molar-refractivity contribution in [1.29, 1.82) is 0 Å². The second kappa shape index (κ2) is 25.5. The summed E-state index contributed by atoms with van der Waals surface area (Å²) in [6.45, 7) is 0.897. The van der Waals surface area contributed by atoms with Crippen molar-refractivity contribution in [3.05, 3.63) is 72.1 Å². The zero-order chi connectivity index (χ0) is 44.2. The van der Waals surface area contributed by atoms with E-state index in [0.717, 1.165) is 32.9 Å². The Balaban J connectivity index is 0.000000320. The molecular weight excluding hydrogens is 813 g/mol. The molecule has 2 aromatic carbocycles. The number of para-hydroxylation sites is 2. The van der Waals surface area contributed by atoms with E-state index in [-0.39, 0.29) is 37.2 Å². The molecule has 4 aromatic rings. The van der Waals surface area contributed by atoms with E-state index >= 15 is 0 Å². The number of thiol groups is 2. The third kappa shape index (κ3) is 15.2. The van der Waals surface area contributed by atoms with Crippen LogP contribution in [0.4, 0.5) is 0 Å². The number of nitrogens with one attached hydrogen (secondary N) is 6. The largest absolute Gasteiger partial charge is 0.480 e.